The van der Waals surface area contributed by atoms with Gasteiger partial charge in [-0.15, -0.1) is 0 Å². The third-order valence-corrected chi connectivity index (χ3v) is 4.31. The third kappa shape index (κ3) is 3.64. The van der Waals surface area contributed by atoms with Crippen LogP contribution in [0.5, 0.6) is 0 Å². The molecule has 0 atom stereocenters. The zero-order valence-electron chi connectivity index (χ0n) is 13.7. The highest BCUT2D eigenvalue weighted by molar-refractivity contribution is 14.1. The number of rotatable bonds is 6. The summed E-state index contributed by atoms with van der Waals surface area (Å²) in [5.74, 6) is -1.13. The number of halogens is 2. The molecule has 1 aromatic carbocycles. The van der Waals surface area contributed by atoms with Crippen molar-refractivity contribution >= 4 is 50.8 Å². The first-order valence-electron chi connectivity index (χ1n) is 7.61. The molecule has 2 aromatic heterocycles. The molecule has 7 nitrogen and oxygen atoms in total. The van der Waals surface area contributed by atoms with Crippen molar-refractivity contribution in [2.45, 2.75) is 0 Å². The number of hydrogen-bond acceptors (Lipinski definition) is 6. The van der Waals surface area contributed by atoms with E-state index in [9.17, 15) is 9.18 Å². The molecule has 3 aromatic rings. The average Bonchev–Trinajstić information content (AvgIpc) is 3.01. The molecule has 0 saturated heterocycles. The lowest BCUT2D eigenvalue weighted by Crippen LogP contribution is -2.26. The summed E-state index contributed by atoms with van der Waals surface area (Å²) in [5.41, 5.74) is 3.27. The zero-order chi connectivity index (χ0) is 18.7. The molecule has 2 N–H and O–H groups in total. The summed E-state index contributed by atoms with van der Waals surface area (Å²) >= 11 is 2.02. The van der Waals surface area contributed by atoms with E-state index in [1.54, 1.807) is 31.4 Å². The number of fused-ring (bicyclic) bond motifs is 1. The van der Waals surface area contributed by atoms with Gasteiger partial charge in [0, 0.05) is 23.0 Å². The Labute approximate surface area is 161 Å². The van der Waals surface area contributed by atoms with Crippen molar-refractivity contribution in [3.05, 3.63) is 51.8 Å². The largest absolute Gasteiger partial charge is 0.448 e. The van der Waals surface area contributed by atoms with E-state index >= 15 is 0 Å². The first-order chi connectivity index (χ1) is 12.5. The van der Waals surface area contributed by atoms with Gasteiger partial charge >= 0.3 is 5.91 Å². The van der Waals surface area contributed by atoms with Gasteiger partial charge in [-0.3, -0.25) is 14.6 Å². The van der Waals surface area contributed by atoms with Gasteiger partial charge in [0.1, 0.15) is 17.1 Å². The van der Waals surface area contributed by atoms with Crippen LogP contribution in [0.25, 0.3) is 11.0 Å². The fourth-order valence-corrected chi connectivity index (χ4v) is 2.95. The van der Waals surface area contributed by atoms with Crippen LogP contribution in [0.1, 0.15) is 10.6 Å². The number of aliphatic hydroxyl groups is 1. The molecule has 3 rings (SSSR count). The minimum atomic E-state index is -0.651. The predicted molar refractivity (Wildman–Crippen MR) is 102 cm³/mol. The Bertz CT molecular complexity index is 947. The van der Waals surface area contributed by atoms with Gasteiger partial charge < -0.3 is 14.4 Å². The van der Waals surface area contributed by atoms with Crippen LogP contribution < -0.4 is 10.4 Å². The lowest BCUT2D eigenvalue weighted by Gasteiger charge is -2.20. The van der Waals surface area contributed by atoms with Crippen LogP contribution in [0.2, 0.25) is 0 Å². The molecule has 136 valence electrons. The van der Waals surface area contributed by atoms with Crippen LogP contribution in [0, 0.1) is 9.39 Å². The van der Waals surface area contributed by atoms with Gasteiger partial charge in [-0.1, -0.05) is 0 Å². The maximum atomic E-state index is 14.4. The fraction of sp³-hybridized carbons (Fsp3) is 0.176. The number of nitrogens with one attached hydrogen (secondary N) is 1. The molecule has 0 fully saturated rings. The highest BCUT2D eigenvalue weighted by Gasteiger charge is 2.25. The van der Waals surface area contributed by atoms with Gasteiger partial charge in [0.2, 0.25) is 5.76 Å². The Hall–Kier alpha value is -2.24. The summed E-state index contributed by atoms with van der Waals surface area (Å²) in [6, 6.07) is 6.40. The third-order valence-electron chi connectivity index (χ3n) is 3.63. The summed E-state index contributed by atoms with van der Waals surface area (Å²) in [7, 11) is 1.63. The molecule has 2 heterocycles. The SMILES string of the molecule is CN(c1ccc(I)cc1F)c1c(C(=O)NOCCO)oc2ccncc12. The Morgan fingerprint density at radius 3 is 3.00 bits per heavy atom. The number of hydroxylamine groups is 1. The summed E-state index contributed by atoms with van der Waals surface area (Å²) in [6.45, 7) is -0.310. The Morgan fingerprint density at radius 1 is 1.46 bits per heavy atom. The second kappa shape index (κ2) is 7.98. The average molecular weight is 471 g/mol. The van der Waals surface area contributed by atoms with Crippen molar-refractivity contribution in [3.8, 4) is 0 Å². The minimum absolute atomic E-state index is 0.0496. The molecule has 9 heteroatoms. The number of carbonyl (C=O) groups is 1. The highest BCUT2D eigenvalue weighted by atomic mass is 127. The van der Waals surface area contributed by atoms with Crippen LogP contribution >= 0.6 is 22.6 Å². The van der Waals surface area contributed by atoms with E-state index in [4.69, 9.17) is 14.4 Å². The minimum Gasteiger partial charge on any atom is -0.448 e. The highest BCUT2D eigenvalue weighted by Crippen LogP contribution is 2.37. The van der Waals surface area contributed by atoms with Gasteiger partial charge in [-0.25, -0.2) is 9.87 Å². The van der Waals surface area contributed by atoms with Crippen molar-refractivity contribution in [1.82, 2.24) is 10.5 Å². The van der Waals surface area contributed by atoms with E-state index in [1.165, 1.54) is 17.2 Å². The van der Waals surface area contributed by atoms with Crippen LogP contribution in [0.4, 0.5) is 15.8 Å². The molecule has 0 saturated carbocycles. The van der Waals surface area contributed by atoms with Crippen molar-refractivity contribution < 1.29 is 23.5 Å². The molecule has 0 radical (unpaired) electrons. The molecule has 0 unspecified atom stereocenters. The molecular formula is C17H15FIN3O4. The number of anilines is 2. The standard InChI is InChI=1S/C17H15FIN3O4/c1-22(13-3-2-10(19)8-12(13)18)15-11-9-20-5-4-14(11)26-16(15)17(24)21-25-7-6-23/h2-5,8-9,23H,6-7H2,1H3,(H,21,24). The molecule has 0 aliphatic heterocycles. The number of aliphatic hydroxyl groups excluding tert-OH is 1. The summed E-state index contributed by atoms with van der Waals surface area (Å²) in [5, 5.41) is 9.31. The number of aromatic nitrogens is 1. The molecule has 0 bridgehead atoms. The monoisotopic (exact) mass is 471 g/mol. The number of furan rings is 1. The first kappa shape index (κ1) is 18.5. The van der Waals surface area contributed by atoms with Crippen molar-refractivity contribution in [2.75, 3.05) is 25.2 Å². The maximum absolute atomic E-state index is 14.4. The lowest BCUT2D eigenvalue weighted by molar-refractivity contribution is 0.0152. The molecular weight excluding hydrogens is 456 g/mol. The van der Waals surface area contributed by atoms with E-state index in [2.05, 4.69) is 10.5 Å². The Kier molecular flexibility index (Phi) is 5.69. The van der Waals surface area contributed by atoms with Gasteiger partial charge in [0.25, 0.3) is 0 Å². The number of amides is 1. The zero-order valence-corrected chi connectivity index (χ0v) is 15.9. The normalized spacial score (nSPS) is 10.9. The van der Waals surface area contributed by atoms with Gasteiger partial charge in [-0.05, 0) is 46.9 Å². The van der Waals surface area contributed by atoms with E-state index in [1.807, 2.05) is 22.6 Å². The molecule has 26 heavy (non-hydrogen) atoms. The van der Waals surface area contributed by atoms with Crippen molar-refractivity contribution in [3.63, 3.8) is 0 Å². The predicted octanol–water partition coefficient (Wildman–Crippen LogP) is 2.99. The van der Waals surface area contributed by atoms with Crippen molar-refractivity contribution in [1.29, 1.82) is 0 Å². The second-order valence-electron chi connectivity index (χ2n) is 5.31. The number of carbonyl (C=O) groups excluding carboxylic acids is 1. The number of nitrogens with zero attached hydrogens (tertiary/aromatic N) is 2. The quantitative estimate of drug-likeness (QED) is 0.327. The Balaban J connectivity index is 2.07. The van der Waals surface area contributed by atoms with Crippen LogP contribution in [0.15, 0.2) is 41.1 Å². The number of pyridine rings is 1. The van der Waals surface area contributed by atoms with Gasteiger partial charge in [0.15, 0.2) is 0 Å². The van der Waals surface area contributed by atoms with E-state index in [0.29, 0.717) is 16.7 Å². The fourth-order valence-electron chi connectivity index (χ4n) is 2.50. The summed E-state index contributed by atoms with van der Waals surface area (Å²) in [6.07, 6.45) is 3.08. The molecule has 0 aliphatic rings. The lowest BCUT2D eigenvalue weighted by atomic mass is 10.2. The van der Waals surface area contributed by atoms with Crippen LogP contribution in [-0.2, 0) is 4.84 Å². The van der Waals surface area contributed by atoms with Crippen molar-refractivity contribution in [2.24, 2.45) is 0 Å². The molecule has 1 amide bonds. The van der Waals surface area contributed by atoms with E-state index in [0.717, 1.165) is 3.57 Å². The van der Waals surface area contributed by atoms with Crippen LogP contribution in [0.3, 0.4) is 0 Å². The summed E-state index contributed by atoms with van der Waals surface area (Å²) < 4.78 is 20.8. The van der Waals surface area contributed by atoms with Gasteiger partial charge in [0.05, 0.1) is 24.3 Å². The topological polar surface area (TPSA) is 87.8 Å². The molecule has 0 aliphatic carbocycles. The Morgan fingerprint density at radius 2 is 2.27 bits per heavy atom. The van der Waals surface area contributed by atoms with Crippen LogP contribution in [-0.4, -0.2) is 36.3 Å². The van der Waals surface area contributed by atoms with E-state index in [-0.39, 0.29) is 24.7 Å². The number of hydrogen-bond donors (Lipinski definition) is 2. The second-order valence-corrected chi connectivity index (χ2v) is 6.56. The number of benzene rings is 1. The summed E-state index contributed by atoms with van der Waals surface area (Å²) in [4.78, 5) is 22.9. The first-order valence-corrected chi connectivity index (χ1v) is 8.69. The maximum Gasteiger partial charge on any atom is 0.312 e. The van der Waals surface area contributed by atoms with Gasteiger partial charge in [-0.2, -0.15) is 0 Å². The van der Waals surface area contributed by atoms with E-state index < -0.39 is 11.7 Å². The molecule has 0 spiro atoms. The smallest absolute Gasteiger partial charge is 0.312 e.